The number of imidazole rings is 1. The summed E-state index contributed by atoms with van der Waals surface area (Å²) < 4.78 is 11.2. The molecule has 4 rings (SSSR count). The molecule has 0 spiro atoms. The molecule has 0 unspecified atom stereocenters. The Bertz CT molecular complexity index is 741. The lowest BCUT2D eigenvalue weighted by Crippen LogP contribution is -2.15. The molecular formula is C15H14N2O2S. The van der Waals surface area contributed by atoms with Crippen LogP contribution in [0.3, 0.4) is 0 Å². The molecule has 0 aliphatic carbocycles. The summed E-state index contributed by atoms with van der Waals surface area (Å²) in [5.41, 5.74) is 3.19. The normalized spacial score (nSPS) is 13.9. The molecule has 3 heterocycles. The molecule has 0 amide bonds. The van der Waals surface area contributed by atoms with Crippen molar-refractivity contribution in [2.45, 2.75) is 13.8 Å². The first-order chi connectivity index (χ1) is 9.70. The second kappa shape index (κ2) is 4.24. The quantitative estimate of drug-likeness (QED) is 0.742. The molecule has 1 aromatic carbocycles. The first kappa shape index (κ1) is 11.8. The molecule has 1 N–H and O–H groups in total. The van der Waals surface area contributed by atoms with Crippen molar-refractivity contribution in [1.29, 1.82) is 0 Å². The Hall–Kier alpha value is -2.01. The third-order valence-electron chi connectivity index (χ3n) is 3.55. The van der Waals surface area contributed by atoms with Gasteiger partial charge in [-0.3, -0.25) is 0 Å². The van der Waals surface area contributed by atoms with E-state index in [0.29, 0.717) is 13.2 Å². The van der Waals surface area contributed by atoms with Crippen LogP contribution in [0.15, 0.2) is 18.2 Å². The van der Waals surface area contributed by atoms with Gasteiger partial charge in [-0.1, -0.05) is 0 Å². The molecule has 0 fully saturated rings. The fourth-order valence-electron chi connectivity index (χ4n) is 2.35. The van der Waals surface area contributed by atoms with Gasteiger partial charge in [0.15, 0.2) is 11.5 Å². The van der Waals surface area contributed by atoms with Crippen molar-refractivity contribution in [2.24, 2.45) is 0 Å². The van der Waals surface area contributed by atoms with Crippen LogP contribution >= 0.6 is 11.3 Å². The van der Waals surface area contributed by atoms with Gasteiger partial charge in [0.25, 0.3) is 0 Å². The number of aryl methyl sites for hydroxylation is 2. The molecule has 4 nitrogen and oxygen atoms in total. The molecular weight excluding hydrogens is 272 g/mol. The van der Waals surface area contributed by atoms with Gasteiger partial charge in [-0.05, 0) is 25.5 Å². The Morgan fingerprint density at radius 1 is 1.10 bits per heavy atom. The summed E-state index contributed by atoms with van der Waals surface area (Å²) in [7, 11) is 0. The molecule has 5 heteroatoms. The molecule has 2 aromatic heterocycles. The van der Waals surface area contributed by atoms with Crippen LogP contribution in [0.1, 0.15) is 10.4 Å². The van der Waals surface area contributed by atoms with Crippen LogP contribution in [0.4, 0.5) is 0 Å². The van der Waals surface area contributed by atoms with E-state index in [1.54, 1.807) is 11.3 Å². The summed E-state index contributed by atoms with van der Waals surface area (Å²) in [6.45, 7) is 5.45. The van der Waals surface area contributed by atoms with Gasteiger partial charge >= 0.3 is 0 Å². The molecule has 0 atom stereocenters. The van der Waals surface area contributed by atoms with Gasteiger partial charge in [-0.2, -0.15) is 0 Å². The highest BCUT2D eigenvalue weighted by Gasteiger charge is 2.16. The van der Waals surface area contributed by atoms with E-state index < -0.39 is 0 Å². The summed E-state index contributed by atoms with van der Waals surface area (Å²) in [6, 6.07) is 6.08. The van der Waals surface area contributed by atoms with Crippen molar-refractivity contribution in [3.63, 3.8) is 0 Å². The third-order valence-corrected chi connectivity index (χ3v) is 4.70. The van der Waals surface area contributed by atoms with E-state index in [4.69, 9.17) is 9.47 Å². The van der Waals surface area contributed by atoms with Gasteiger partial charge in [-0.25, -0.2) is 4.98 Å². The predicted octanol–water partition coefficient (Wildman–Crippen LogP) is 3.68. The van der Waals surface area contributed by atoms with Crippen molar-refractivity contribution in [2.75, 3.05) is 13.2 Å². The second-order valence-corrected chi connectivity index (χ2v) is 6.20. The second-order valence-electron chi connectivity index (χ2n) is 4.95. The van der Waals surface area contributed by atoms with E-state index in [1.807, 2.05) is 12.1 Å². The largest absolute Gasteiger partial charge is 0.486 e. The van der Waals surface area contributed by atoms with Gasteiger partial charge in [-0.15, -0.1) is 11.3 Å². The maximum Gasteiger partial charge on any atom is 0.163 e. The summed E-state index contributed by atoms with van der Waals surface area (Å²) >= 11 is 1.76. The number of fused-ring (bicyclic) bond motifs is 2. The number of ether oxygens (including phenoxy) is 2. The fraction of sp³-hybridized carbons (Fsp3) is 0.267. The number of aromatic nitrogens is 2. The zero-order valence-electron chi connectivity index (χ0n) is 11.3. The van der Waals surface area contributed by atoms with Gasteiger partial charge in [0.1, 0.15) is 19.0 Å². The highest BCUT2D eigenvalue weighted by Crippen LogP contribution is 2.36. The van der Waals surface area contributed by atoms with E-state index in [-0.39, 0.29) is 0 Å². The SMILES string of the molecule is Cc1cc(-c2nc3cc4c(cc3[nH]2)OCCO4)sc1C. The number of thiophene rings is 1. The average molecular weight is 286 g/mol. The summed E-state index contributed by atoms with van der Waals surface area (Å²) in [5, 5.41) is 0. The summed E-state index contributed by atoms with van der Waals surface area (Å²) in [5.74, 6) is 2.47. The van der Waals surface area contributed by atoms with Crippen LogP contribution in [0.5, 0.6) is 11.5 Å². The highest BCUT2D eigenvalue weighted by molar-refractivity contribution is 7.15. The lowest BCUT2D eigenvalue weighted by atomic mass is 10.2. The van der Waals surface area contributed by atoms with Crippen molar-refractivity contribution in [3.8, 4) is 22.2 Å². The molecule has 102 valence electrons. The summed E-state index contributed by atoms with van der Waals surface area (Å²) in [4.78, 5) is 10.5. The van der Waals surface area contributed by atoms with Crippen LogP contribution in [0, 0.1) is 13.8 Å². The maximum atomic E-state index is 5.60. The minimum Gasteiger partial charge on any atom is -0.486 e. The van der Waals surface area contributed by atoms with Crippen LogP contribution in [0.25, 0.3) is 21.7 Å². The molecule has 20 heavy (non-hydrogen) atoms. The van der Waals surface area contributed by atoms with Crippen LogP contribution < -0.4 is 9.47 Å². The Morgan fingerprint density at radius 2 is 1.85 bits per heavy atom. The molecule has 3 aromatic rings. The molecule has 1 aliphatic rings. The van der Waals surface area contributed by atoms with E-state index in [9.17, 15) is 0 Å². The minimum atomic E-state index is 0.596. The Balaban J connectivity index is 1.86. The van der Waals surface area contributed by atoms with Crippen LogP contribution in [0.2, 0.25) is 0 Å². The molecule has 1 aliphatic heterocycles. The van der Waals surface area contributed by atoms with Crippen LogP contribution in [-0.2, 0) is 0 Å². The topological polar surface area (TPSA) is 47.1 Å². The third kappa shape index (κ3) is 1.78. The first-order valence-electron chi connectivity index (χ1n) is 6.57. The maximum absolute atomic E-state index is 5.60. The number of hydrogen-bond acceptors (Lipinski definition) is 4. The van der Waals surface area contributed by atoms with E-state index >= 15 is 0 Å². The standard InChI is InChI=1S/C15H14N2O2S/c1-8-5-14(20-9(8)2)15-16-10-6-12-13(7-11(10)17-15)19-4-3-18-12/h5-7H,3-4H2,1-2H3,(H,16,17). The molecule has 0 saturated heterocycles. The number of hydrogen-bond donors (Lipinski definition) is 1. The lowest BCUT2D eigenvalue weighted by Gasteiger charge is -2.17. The Kier molecular flexibility index (Phi) is 2.50. The number of H-pyrrole nitrogens is 1. The average Bonchev–Trinajstić information content (AvgIpc) is 3.00. The number of benzene rings is 1. The van der Waals surface area contributed by atoms with Crippen molar-refractivity contribution in [3.05, 3.63) is 28.6 Å². The van der Waals surface area contributed by atoms with E-state index in [1.165, 1.54) is 10.4 Å². The van der Waals surface area contributed by atoms with Gasteiger partial charge in [0.2, 0.25) is 0 Å². The minimum absolute atomic E-state index is 0.596. The predicted molar refractivity (Wildman–Crippen MR) is 79.9 cm³/mol. The first-order valence-corrected chi connectivity index (χ1v) is 7.39. The highest BCUT2D eigenvalue weighted by atomic mass is 32.1. The summed E-state index contributed by atoms with van der Waals surface area (Å²) in [6.07, 6.45) is 0. The van der Waals surface area contributed by atoms with E-state index in [0.717, 1.165) is 33.2 Å². The zero-order valence-corrected chi connectivity index (χ0v) is 12.1. The van der Waals surface area contributed by atoms with Gasteiger partial charge in [0, 0.05) is 17.0 Å². The van der Waals surface area contributed by atoms with Gasteiger partial charge in [0.05, 0.1) is 15.9 Å². The smallest absolute Gasteiger partial charge is 0.163 e. The van der Waals surface area contributed by atoms with E-state index in [2.05, 4.69) is 29.9 Å². The van der Waals surface area contributed by atoms with Crippen molar-refractivity contribution < 1.29 is 9.47 Å². The monoisotopic (exact) mass is 286 g/mol. The molecule has 0 saturated carbocycles. The lowest BCUT2D eigenvalue weighted by molar-refractivity contribution is 0.172. The molecule has 0 radical (unpaired) electrons. The fourth-order valence-corrected chi connectivity index (χ4v) is 3.33. The number of nitrogens with zero attached hydrogens (tertiary/aromatic N) is 1. The van der Waals surface area contributed by atoms with Gasteiger partial charge < -0.3 is 14.5 Å². The zero-order chi connectivity index (χ0) is 13.7. The number of nitrogens with one attached hydrogen (secondary N) is 1. The number of rotatable bonds is 1. The molecule has 0 bridgehead atoms. The Morgan fingerprint density at radius 3 is 2.55 bits per heavy atom. The number of aromatic amines is 1. The van der Waals surface area contributed by atoms with Crippen molar-refractivity contribution >= 4 is 22.4 Å². The van der Waals surface area contributed by atoms with Crippen molar-refractivity contribution in [1.82, 2.24) is 9.97 Å². The Labute approximate surface area is 120 Å². The van der Waals surface area contributed by atoms with Crippen LogP contribution in [-0.4, -0.2) is 23.2 Å².